The van der Waals surface area contributed by atoms with E-state index in [0.717, 1.165) is 54.9 Å². The number of ether oxygens (including phenoxy) is 7. The fourth-order valence-electron chi connectivity index (χ4n) is 7.06. The van der Waals surface area contributed by atoms with Crippen molar-refractivity contribution >= 4 is 23.5 Å². The van der Waals surface area contributed by atoms with Gasteiger partial charge in [0.15, 0.2) is 0 Å². The molecule has 0 amide bonds. The maximum atomic E-state index is 13.4. The fraction of sp³-hybridized carbons (Fsp3) is 0.333. The van der Waals surface area contributed by atoms with Crippen LogP contribution in [0, 0.1) is 0 Å². The van der Waals surface area contributed by atoms with Crippen LogP contribution in [0.5, 0.6) is 5.75 Å². The van der Waals surface area contributed by atoms with Crippen molar-refractivity contribution in [2.24, 2.45) is 0 Å². The van der Waals surface area contributed by atoms with Crippen LogP contribution in [0.4, 0.5) is 0 Å². The largest absolute Gasteiger partial charge is 0.497 e. The van der Waals surface area contributed by atoms with Crippen LogP contribution in [0.2, 0.25) is 0 Å². The average Bonchev–Trinajstić information content (AvgIpc) is 3.28. The molecule has 5 aromatic carbocycles. The summed E-state index contributed by atoms with van der Waals surface area (Å²) < 4.78 is 45.6. The Morgan fingerprint density at radius 2 is 1.05 bits per heavy atom. The van der Waals surface area contributed by atoms with Crippen molar-refractivity contribution in [1.82, 2.24) is 0 Å². The molecule has 1 N–H and O–H groups in total. The van der Waals surface area contributed by atoms with Gasteiger partial charge in [0.25, 0.3) is 0 Å². The second-order valence-electron chi connectivity index (χ2n) is 14.2. The normalized spacial score (nSPS) is 22.2. The van der Waals surface area contributed by atoms with Crippen LogP contribution < -0.4 is 4.74 Å². The highest BCUT2D eigenvalue weighted by Gasteiger charge is 2.59. The molecule has 0 unspecified atom stereocenters. The summed E-state index contributed by atoms with van der Waals surface area (Å²) in [5, 5.41) is 13.4. The van der Waals surface area contributed by atoms with Crippen molar-refractivity contribution < 1.29 is 38.3 Å². The number of benzene rings is 5. The Bertz CT molecular complexity index is 1970. The van der Waals surface area contributed by atoms with Crippen LogP contribution in [-0.4, -0.2) is 67.1 Å². The van der Waals surface area contributed by atoms with Gasteiger partial charge in [0.05, 0.1) is 58.3 Å². The van der Waals surface area contributed by atoms with Gasteiger partial charge >= 0.3 is 0 Å². The molecule has 2 heterocycles. The molecule has 0 bridgehead atoms. The summed E-state index contributed by atoms with van der Waals surface area (Å²) in [5.74, 6) is 0.605. The van der Waals surface area contributed by atoms with E-state index in [1.165, 1.54) is 0 Å². The highest BCUT2D eigenvalue weighted by Crippen LogP contribution is 2.49. The molecule has 0 spiro atoms. The van der Waals surface area contributed by atoms with Crippen LogP contribution in [0.25, 0.3) is 0 Å². The molecule has 8 nitrogen and oxygen atoms in total. The van der Waals surface area contributed by atoms with Crippen molar-refractivity contribution in [2.75, 3.05) is 31.8 Å². The highest BCUT2D eigenvalue weighted by atomic mass is 32.2. The first kappa shape index (κ1) is 42.2. The van der Waals surface area contributed by atoms with Gasteiger partial charge in [-0.15, -0.1) is 23.5 Å². The van der Waals surface area contributed by atoms with Crippen LogP contribution in [0.1, 0.15) is 34.2 Å². The standard InChI is InChI=1S/C48H52O8S2/c1-50-41-24-22-40(23-25-41)30-51-27-26-43-47(58-29-28-57-43)48(49)46(55-34-39-20-12-5-13-21-39)45(54-33-38-18-10-4-11-19-38)44(53-32-37-16-8-3-9-17-37)42(56-48)35-52-31-36-14-6-2-7-15-36/h2-25,42,44-46,49H,26-35H2,1H3/t42-,44-,45+,46+,48-/m1/s1. The van der Waals surface area contributed by atoms with Gasteiger partial charge in [-0.3, -0.25) is 0 Å². The van der Waals surface area contributed by atoms with Crippen molar-refractivity contribution in [3.63, 3.8) is 0 Å². The summed E-state index contributed by atoms with van der Waals surface area (Å²) in [6.07, 6.45) is -2.52. The quantitative estimate of drug-likeness (QED) is 0.0768. The summed E-state index contributed by atoms with van der Waals surface area (Å²) in [7, 11) is 1.66. The second kappa shape index (κ2) is 21.9. The number of rotatable bonds is 20. The average molecular weight is 821 g/mol. The lowest BCUT2D eigenvalue weighted by molar-refractivity contribution is -0.353. The molecule has 0 saturated carbocycles. The minimum Gasteiger partial charge on any atom is -0.497 e. The summed E-state index contributed by atoms with van der Waals surface area (Å²) in [6.45, 7) is 2.27. The molecule has 58 heavy (non-hydrogen) atoms. The van der Waals surface area contributed by atoms with Crippen LogP contribution in [0.15, 0.2) is 155 Å². The number of hydrogen-bond donors (Lipinski definition) is 1. The Hall–Kier alpha value is -3.94. The van der Waals surface area contributed by atoms with E-state index in [1.54, 1.807) is 30.6 Å². The first-order valence-electron chi connectivity index (χ1n) is 19.8. The van der Waals surface area contributed by atoms with Gasteiger partial charge in [-0.2, -0.15) is 0 Å². The molecule has 0 radical (unpaired) electrons. The molecule has 2 aliphatic heterocycles. The van der Waals surface area contributed by atoms with E-state index in [1.807, 2.05) is 146 Å². The van der Waals surface area contributed by atoms with Gasteiger partial charge in [0.1, 0.15) is 30.2 Å². The van der Waals surface area contributed by atoms with E-state index in [4.69, 9.17) is 33.2 Å². The van der Waals surface area contributed by atoms with E-state index in [-0.39, 0.29) is 19.8 Å². The molecule has 5 aromatic rings. The Labute approximate surface area is 350 Å². The third-order valence-electron chi connectivity index (χ3n) is 10.0. The molecule has 304 valence electrons. The lowest BCUT2D eigenvalue weighted by Gasteiger charge is -2.51. The molecule has 5 atom stereocenters. The fourth-order valence-corrected chi connectivity index (χ4v) is 9.67. The maximum Gasteiger partial charge on any atom is 0.229 e. The van der Waals surface area contributed by atoms with E-state index in [9.17, 15) is 5.11 Å². The molecule has 10 heteroatoms. The summed E-state index contributed by atoms with van der Waals surface area (Å²) in [6, 6.07) is 48.0. The first-order chi connectivity index (χ1) is 28.6. The summed E-state index contributed by atoms with van der Waals surface area (Å²) >= 11 is 3.34. The van der Waals surface area contributed by atoms with E-state index >= 15 is 0 Å². The predicted molar refractivity (Wildman–Crippen MR) is 230 cm³/mol. The zero-order chi connectivity index (χ0) is 39.8. The molecule has 1 fully saturated rings. The van der Waals surface area contributed by atoms with E-state index in [2.05, 4.69) is 0 Å². The Morgan fingerprint density at radius 1 is 0.569 bits per heavy atom. The molecule has 2 aliphatic rings. The molecule has 7 rings (SSSR count). The van der Waals surface area contributed by atoms with Crippen LogP contribution in [0.3, 0.4) is 0 Å². The SMILES string of the molecule is COc1ccc(COCCC2=C([C@]3(O)O[C@H](COCc4ccccc4)[C@@H](OCc4ccccc4)[C@H](OCc4ccccc4)[C@@H]3OCc3ccccc3)SCCS2)cc1. The third kappa shape index (κ3) is 11.6. The molecular weight excluding hydrogens is 769 g/mol. The highest BCUT2D eigenvalue weighted by molar-refractivity contribution is 8.10. The monoisotopic (exact) mass is 820 g/mol. The van der Waals surface area contributed by atoms with Crippen LogP contribution >= 0.6 is 23.5 Å². The van der Waals surface area contributed by atoms with Crippen LogP contribution in [-0.2, 0) is 61.5 Å². The lowest BCUT2D eigenvalue weighted by Crippen LogP contribution is -2.67. The smallest absolute Gasteiger partial charge is 0.229 e. The predicted octanol–water partition coefficient (Wildman–Crippen LogP) is 9.35. The second-order valence-corrected chi connectivity index (χ2v) is 16.5. The zero-order valence-electron chi connectivity index (χ0n) is 32.9. The van der Waals surface area contributed by atoms with Crippen molar-refractivity contribution in [2.45, 2.75) is 69.7 Å². The molecular formula is C48H52O8S2. The van der Waals surface area contributed by atoms with E-state index in [0.29, 0.717) is 32.8 Å². The minimum absolute atomic E-state index is 0.151. The third-order valence-corrected chi connectivity index (χ3v) is 12.8. The maximum absolute atomic E-state index is 13.4. The molecule has 0 aliphatic carbocycles. The minimum atomic E-state index is -1.90. The van der Waals surface area contributed by atoms with Crippen molar-refractivity contribution in [3.05, 3.63) is 183 Å². The van der Waals surface area contributed by atoms with Gasteiger partial charge in [-0.1, -0.05) is 133 Å². The Morgan fingerprint density at radius 3 is 1.62 bits per heavy atom. The number of methoxy groups -OCH3 is 1. The number of aliphatic hydroxyl groups is 1. The molecule has 1 saturated heterocycles. The van der Waals surface area contributed by atoms with Crippen molar-refractivity contribution in [3.8, 4) is 5.75 Å². The Balaban J connectivity index is 1.23. The summed E-state index contributed by atoms with van der Waals surface area (Å²) in [5.41, 5.74) is 5.07. The van der Waals surface area contributed by atoms with Gasteiger partial charge in [-0.25, -0.2) is 0 Å². The van der Waals surface area contributed by atoms with Gasteiger partial charge < -0.3 is 38.3 Å². The van der Waals surface area contributed by atoms with E-state index < -0.39 is 30.2 Å². The number of thioether (sulfide) groups is 2. The summed E-state index contributed by atoms with van der Waals surface area (Å²) in [4.78, 5) is 1.73. The lowest BCUT2D eigenvalue weighted by atomic mass is 9.90. The first-order valence-corrected chi connectivity index (χ1v) is 21.7. The topological polar surface area (TPSA) is 84.8 Å². The molecule has 0 aromatic heterocycles. The van der Waals surface area contributed by atoms with Crippen molar-refractivity contribution in [1.29, 1.82) is 0 Å². The zero-order valence-corrected chi connectivity index (χ0v) is 34.5. The number of hydrogen-bond acceptors (Lipinski definition) is 10. The Kier molecular flexibility index (Phi) is 15.9. The van der Waals surface area contributed by atoms with Gasteiger partial charge in [0.2, 0.25) is 5.79 Å². The van der Waals surface area contributed by atoms with Gasteiger partial charge in [0, 0.05) is 22.8 Å². The van der Waals surface area contributed by atoms with Gasteiger partial charge in [-0.05, 0) is 39.9 Å².